The summed E-state index contributed by atoms with van der Waals surface area (Å²) in [6.07, 6.45) is 7.26. The molecule has 2 aliphatic rings. The Bertz CT molecular complexity index is 519. The molecule has 0 unspecified atom stereocenters. The number of rotatable bonds is 6. The molecule has 0 radical (unpaired) electrons. The van der Waals surface area contributed by atoms with Crippen LogP contribution >= 0.6 is 0 Å². The van der Waals surface area contributed by atoms with Crippen LogP contribution in [0.3, 0.4) is 0 Å². The van der Waals surface area contributed by atoms with E-state index in [9.17, 15) is 9.90 Å². The minimum Gasteiger partial charge on any atom is -0.491 e. The van der Waals surface area contributed by atoms with Crippen LogP contribution in [-0.4, -0.2) is 23.2 Å². The first kappa shape index (κ1) is 15.3. The van der Waals surface area contributed by atoms with Gasteiger partial charge < -0.3 is 15.2 Å². The molecule has 0 aliphatic heterocycles. The molecule has 4 nitrogen and oxygen atoms in total. The third-order valence-corrected chi connectivity index (χ3v) is 4.61. The van der Waals surface area contributed by atoms with Gasteiger partial charge in [0.25, 0.3) is 0 Å². The second-order valence-electron chi connectivity index (χ2n) is 6.76. The standard InChI is InChI=1S/C18H25NO3/c20-17(12-18(21)10-4-1-5-11-18)19-15-6-2-3-7-16(15)22-13-14-8-9-14/h2-3,6-7,14,21H,1,4-5,8-13H2,(H,19,20). The highest BCUT2D eigenvalue weighted by Gasteiger charge is 2.32. The summed E-state index contributed by atoms with van der Waals surface area (Å²) in [7, 11) is 0. The summed E-state index contributed by atoms with van der Waals surface area (Å²) in [6, 6.07) is 7.53. The Kier molecular flexibility index (Phi) is 4.67. The van der Waals surface area contributed by atoms with Gasteiger partial charge in [0.05, 0.1) is 24.3 Å². The number of amides is 1. The molecule has 22 heavy (non-hydrogen) atoms. The van der Waals surface area contributed by atoms with Crippen molar-refractivity contribution in [1.29, 1.82) is 0 Å². The van der Waals surface area contributed by atoms with Gasteiger partial charge in [0.15, 0.2) is 0 Å². The minimum atomic E-state index is -0.827. The average molecular weight is 303 g/mol. The second kappa shape index (κ2) is 6.69. The highest BCUT2D eigenvalue weighted by molar-refractivity contribution is 5.92. The number of hydrogen-bond acceptors (Lipinski definition) is 3. The largest absolute Gasteiger partial charge is 0.491 e. The van der Waals surface area contributed by atoms with Crippen molar-refractivity contribution in [3.63, 3.8) is 0 Å². The summed E-state index contributed by atoms with van der Waals surface area (Å²) in [5.74, 6) is 1.26. The number of carbonyl (C=O) groups excluding carboxylic acids is 1. The zero-order valence-electron chi connectivity index (χ0n) is 13.0. The predicted molar refractivity (Wildman–Crippen MR) is 85.9 cm³/mol. The molecular formula is C18H25NO3. The van der Waals surface area contributed by atoms with Gasteiger partial charge >= 0.3 is 0 Å². The van der Waals surface area contributed by atoms with Gasteiger partial charge in [-0.15, -0.1) is 0 Å². The minimum absolute atomic E-state index is 0.133. The summed E-state index contributed by atoms with van der Waals surface area (Å²) in [6.45, 7) is 0.719. The number of ether oxygens (including phenoxy) is 1. The Morgan fingerprint density at radius 3 is 2.68 bits per heavy atom. The lowest BCUT2D eigenvalue weighted by atomic mass is 9.82. The van der Waals surface area contributed by atoms with E-state index in [1.165, 1.54) is 12.8 Å². The van der Waals surface area contributed by atoms with E-state index >= 15 is 0 Å². The zero-order valence-corrected chi connectivity index (χ0v) is 13.0. The van der Waals surface area contributed by atoms with Crippen molar-refractivity contribution >= 4 is 11.6 Å². The van der Waals surface area contributed by atoms with Crippen LogP contribution in [-0.2, 0) is 4.79 Å². The maximum Gasteiger partial charge on any atom is 0.227 e. The summed E-state index contributed by atoms with van der Waals surface area (Å²) >= 11 is 0. The molecule has 2 saturated carbocycles. The quantitative estimate of drug-likeness (QED) is 0.845. The highest BCUT2D eigenvalue weighted by Crippen LogP contribution is 2.33. The van der Waals surface area contributed by atoms with E-state index in [1.807, 2.05) is 24.3 Å². The second-order valence-corrected chi connectivity index (χ2v) is 6.76. The monoisotopic (exact) mass is 303 g/mol. The Balaban J connectivity index is 1.58. The van der Waals surface area contributed by atoms with Crippen molar-refractivity contribution in [2.75, 3.05) is 11.9 Å². The van der Waals surface area contributed by atoms with E-state index in [0.29, 0.717) is 11.6 Å². The van der Waals surface area contributed by atoms with Gasteiger partial charge in [0.1, 0.15) is 5.75 Å². The number of benzene rings is 1. The van der Waals surface area contributed by atoms with Gasteiger partial charge in [0.2, 0.25) is 5.91 Å². The Labute approximate surface area is 131 Å². The molecule has 0 heterocycles. The fourth-order valence-electron chi connectivity index (χ4n) is 3.07. The molecule has 0 aromatic heterocycles. The lowest BCUT2D eigenvalue weighted by molar-refractivity contribution is -0.122. The van der Waals surface area contributed by atoms with Crippen molar-refractivity contribution in [2.45, 2.75) is 57.0 Å². The number of aliphatic hydroxyl groups is 1. The van der Waals surface area contributed by atoms with Gasteiger partial charge in [-0.3, -0.25) is 4.79 Å². The molecule has 4 heteroatoms. The van der Waals surface area contributed by atoms with E-state index in [2.05, 4.69) is 5.32 Å². The Morgan fingerprint density at radius 1 is 1.23 bits per heavy atom. The lowest BCUT2D eigenvalue weighted by Crippen LogP contribution is -2.35. The van der Waals surface area contributed by atoms with Crippen LogP contribution in [0, 0.1) is 5.92 Å². The molecule has 3 rings (SSSR count). The van der Waals surface area contributed by atoms with Gasteiger partial charge in [-0.1, -0.05) is 31.4 Å². The predicted octanol–water partition coefficient (Wildman–Crippen LogP) is 3.50. The smallest absolute Gasteiger partial charge is 0.227 e. The maximum absolute atomic E-state index is 12.3. The van der Waals surface area contributed by atoms with Crippen LogP contribution in [0.5, 0.6) is 5.75 Å². The van der Waals surface area contributed by atoms with Gasteiger partial charge in [-0.05, 0) is 43.7 Å². The zero-order chi connectivity index (χ0) is 15.4. The SMILES string of the molecule is O=C(CC1(O)CCCCC1)Nc1ccccc1OCC1CC1. The highest BCUT2D eigenvalue weighted by atomic mass is 16.5. The lowest BCUT2D eigenvalue weighted by Gasteiger charge is -2.31. The number of hydrogen-bond donors (Lipinski definition) is 2. The van der Waals surface area contributed by atoms with Crippen LogP contribution in [0.1, 0.15) is 51.4 Å². The van der Waals surface area contributed by atoms with E-state index in [1.54, 1.807) is 0 Å². The topological polar surface area (TPSA) is 58.6 Å². The van der Waals surface area contributed by atoms with Gasteiger partial charge in [0, 0.05) is 0 Å². The van der Waals surface area contributed by atoms with Crippen LogP contribution in [0.4, 0.5) is 5.69 Å². The number of para-hydroxylation sites is 2. The number of anilines is 1. The van der Waals surface area contributed by atoms with Crippen LogP contribution in [0.2, 0.25) is 0 Å². The molecule has 2 N–H and O–H groups in total. The van der Waals surface area contributed by atoms with Crippen molar-refractivity contribution in [3.8, 4) is 5.75 Å². The first-order valence-electron chi connectivity index (χ1n) is 8.39. The molecule has 0 saturated heterocycles. The third-order valence-electron chi connectivity index (χ3n) is 4.61. The van der Waals surface area contributed by atoms with E-state index in [-0.39, 0.29) is 12.3 Å². The Hall–Kier alpha value is -1.55. The van der Waals surface area contributed by atoms with Crippen LogP contribution in [0.15, 0.2) is 24.3 Å². The van der Waals surface area contributed by atoms with Gasteiger partial charge in [-0.2, -0.15) is 0 Å². The maximum atomic E-state index is 12.3. The summed E-state index contributed by atoms with van der Waals surface area (Å²) in [5, 5.41) is 13.4. The van der Waals surface area contributed by atoms with E-state index in [0.717, 1.165) is 44.5 Å². The average Bonchev–Trinajstić information content (AvgIpc) is 3.30. The fraction of sp³-hybridized carbons (Fsp3) is 0.611. The van der Waals surface area contributed by atoms with Crippen LogP contribution in [0.25, 0.3) is 0 Å². The van der Waals surface area contributed by atoms with Crippen molar-refractivity contribution < 1.29 is 14.6 Å². The van der Waals surface area contributed by atoms with Crippen molar-refractivity contribution in [2.24, 2.45) is 5.92 Å². The summed E-state index contributed by atoms with van der Waals surface area (Å²) in [5.41, 5.74) is -0.126. The number of carbonyl (C=O) groups is 1. The van der Waals surface area contributed by atoms with Crippen molar-refractivity contribution in [1.82, 2.24) is 0 Å². The molecule has 1 aromatic rings. The van der Waals surface area contributed by atoms with Crippen molar-refractivity contribution in [3.05, 3.63) is 24.3 Å². The molecular weight excluding hydrogens is 278 g/mol. The first-order chi connectivity index (χ1) is 10.6. The molecule has 1 amide bonds. The number of nitrogens with one attached hydrogen (secondary N) is 1. The molecule has 0 spiro atoms. The summed E-state index contributed by atoms with van der Waals surface area (Å²) in [4.78, 5) is 12.3. The molecule has 2 fully saturated rings. The molecule has 120 valence electrons. The molecule has 2 aliphatic carbocycles. The van der Waals surface area contributed by atoms with Crippen LogP contribution < -0.4 is 10.1 Å². The van der Waals surface area contributed by atoms with E-state index in [4.69, 9.17) is 4.74 Å². The fourth-order valence-corrected chi connectivity index (χ4v) is 3.07. The molecule has 0 atom stereocenters. The summed E-state index contributed by atoms with van der Waals surface area (Å²) < 4.78 is 5.80. The first-order valence-corrected chi connectivity index (χ1v) is 8.39. The Morgan fingerprint density at radius 2 is 1.95 bits per heavy atom. The molecule has 0 bridgehead atoms. The molecule has 1 aromatic carbocycles. The van der Waals surface area contributed by atoms with Gasteiger partial charge in [-0.25, -0.2) is 0 Å². The third kappa shape index (κ3) is 4.23. The normalized spacial score (nSPS) is 20.4. The van der Waals surface area contributed by atoms with E-state index < -0.39 is 5.60 Å².